The molecule has 6 heteroatoms. The first-order valence-corrected chi connectivity index (χ1v) is 4.16. The van der Waals surface area contributed by atoms with Gasteiger partial charge in [0.05, 0.1) is 0 Å². The van der Waals surface area contributed by atoms with Crippen molar-refractivity contribution in [2.75, 3.05) is 0 Å². The predicted octanol–water partition coefficient (Wildman–Crippen LogP) is 2.54. The molecular formula is C9H5F2N3O. The highest BCUT2D eigenvalue weighted by Crippen LogP contribution is 2.35. The maximum Gasteiger partial charge on any atom is 0.255 e. The second-order valence-electron chi connectivity index (χ2n) is 3.22. The fourth-order valence-corrected chi connectivity index (χ4v) is 1.62. The number of hydrogen-bond donors (Lipinski definition) is 0. The third kappa shape index (κ3) is 1.27. The van der Waals surface area contributed by atoms with E-state index in [-0.39, 0.29) is 11.1 Å². The molecule has 0 heterocycles. The second-order valence-corrected chi connectivity index (χ2v) is 3.22. The quantitative estimate of drug-likeness (QED) is 0.303. The van der Waals surface area contributed by atoms with Gasteiger partial charge in [0.2, 0.25) is 5.78 Å². The van der Waals surface area contributed by atoms with Crippen molar-refractivity contribution in [2.45, 2.75) is 12.2 Å². The molecule has 76 valence electrons. The Bertz CT molecular complexity index is 496. The molecule has 1 aliphatic rings. The van der Waals surface area contributed by atoms with Crippen LogP contribution in [0.25, 0.3) is 10.4 Å². The van der Waals surface area contributed by atoms with E-state index >= 15 is 0 Å². The highest BCUT2D eigenvalue weighted by atomic mass is 19.1. The number of carbonyl (C=O) groups excluding carboxylic acids is 1. The lowest BCUT2D eigenvalue weighted by Crippen LogP contribution is -2.26. The molecule has 1 aliphatic carbocycles. The minimum atomic E-state index is -2.67. The average molecular weight is 209 g/mol. The van der Waals surface area contributed by atoms with Gasteiger partial charge in [-0.05, 0) is 16.7 Å². The van der Waals surface area contributed by atoms with E-state index in [0.717, 1.165) is 6.07 Å². The number of benzene rings is 1. The zero-order chi connectivity index (χ0) is 11.1. The summed E-state index contributed by atoms with van der Waals surface area (Å²) in [5.74, 6) is -4.30. The van der Waals surface area contributed by atoms with Gasteiger partial charge < -0.3 is 0 Å². The van der Waals surface area contributed by atoms with E-state index in [4.69, 9.17) is 5.53 Å². The van der Waals surface area contributed by atoms with E-state index in [1.807, 2.05) is 0 Å². The maximum atomic E-state index is 13.7. The molecule has 0 aliphatic heterocycles. The van der Waals surface area contributed by atoms with Crippen LogP contribution in [0.5, 0.6) is 0 Å². The molecule has 0 radical (unpaired) electrons. The van der Waals surface area contributed by atoms with Gasteiger partial charge in [-0.1, -0.05) is 12.1 Å². The Labute approximate surface area is 83.1 Å². The van der Waals surface area contributed by atoms with Crippen molar-refractivity contribution in [1.29, 1.82) is 0 Å². The lowest BCUT2D eigenvalue weighted by molar-refractivity contribution is 0.0735. The predicted molar refractivity (Wildman–Crippen MR) is 47.4 cm³/mol. The lowest BCUT2D eigenvalue weighted by Gasteiger charge is -2.07. The number of ketones is 1. The minimum Gasteiger partial charge on any atom is -0.290 e. The maximum absolute atomic E-state index is 13.7. The van der Waals surface area contributed by atoms with Crippen molar-refractivity contribution < 1.29 is 13.6 Å². The molecule has 15 heavy (non-hydrogen) atoms. The number of rotatable bonds is 1. The summed E-state index contributed by atoms with van der Waals surface area (Å²) >= 11 is 0. The van der Waals surface area contributed by atoms with E-state index in [1.54, 1.807) is 0 Å². The minimum absolute atomic E-state index is 0.0302. The summed E-state index contributed by atoms with van der Waals surface area (Å²) in [6, 6.07) is 3.76. The topological polar surface area (TPSA) is 65.8 Å². The molecule has 1 aromatic rings. The Morgan fingerprint density at radius 3 is 2.87 bits per heavy atom. The van der Waals surface area contributed by atoms with Gasteiger partial charge in [-0.2, -0.15) is 0 Å². The molecule has 0 fully saturated rings. The molecule has 4 nitrogen and oxygen atoms in total. The van der Waals surface area contributed by atoms with Crippen LogP contribution in [0, 0.1) is 5.82 Å². The third-order valence-electron chi connectivity index (χ3n) is 2.33. The van der Waals surface area contributed by atoms with E-state index < -0.39 is 23.8 Å². The monoisotopic (exact) mass is 209 g/mol. The van der Waals surface area contributed by atoms with Crippen molar-refractivity contribution in [3.05, 3.63) is 45.6 Å². The summed E-state index contributed by atoms with van der Waals surface area (Å²) in [6.07, 6.45) is -0.530. The molecule has 0 spiro atoms. The van der Waals surface area contributed by atoms with Crippen molar-refractivity contribution in [1.82, 2.24) is 0 Å². The molecule has 0 amide bonds. The van der Waals surface area contributed by atoms with Crippen molar-refractivity contribution in [2.24, 2.45) is 5.11 Å². The van der Waals surface area contributed by atoms with Crippen molar-refractivity contribution in [3.63, 3.8) is 0 Å². The highest BCUT2D eigenvalue weighted by molar-refractivity contribution is 6.06. The number of azide groups is 1. The molecule has 1 unspecified atom stereocenters. The molecule has 0 aromatic heterocycles. The zero-order valence-corrected chi connectivity index (χ0v) is 7.44. The van der Waals surface area contributed by atoms with Gasteiger partial charge in [-0.3, -0.25) is 4.79 Å². The van der Waals surface area contributed by atoms with Gasteiger partial charge in [-0.15, -0.1) is 0 Å². The number of alkyl halides is 1. The largest absolute Gasteiger partial charge is 0.290 e. The van der Waals surface area contributed by atoms with Gasteiger partial charge in [-0.25, -0.2) is 8.78 Å². The molecule has 0 bridgehead atoms. The molecule has 2 rings (SSSR count). The van der Waals surface area contributed by atoms with Crippen LogP contribution in [-0.4, -0.2) is 11.6 Å². The van der Waals surface area contributed by atoms with Crippen LogP contribution in [0.2, 0.25) is 0 Å². The molecule has 0 saturated carbocycles. The summed E-state index contributed by atoms with van der Waals surface area (Å²) in [6.45, 7) is 0. The van der Waals surface area contributed by atoms with Gasteiger partial charge in [0, 0.05) is 22.5 Å². The van der Waals surface area contributed by atoms with Gasteiger partial charge >= 0.3 is 0 Å². The fourth-order valence-electron chi connectivity index (χ4n) is 1.62. The van der Waals surface area contributed by atoms with Crippen LogP contribution in [0.15, 0.2) is 23.3 Å². The SMILES string of the molecule is [N-]=[N+]=NC1(F)Cc2c(F)cccc2C1=O. The summed E-state index contributed by atoms with van der Waals surface area (Å²) in [5, 5.41) is 2.79. The Morgan fingerprint density at radius 2 is 2.27 bits per heavy atom. The van der Waals surface area contributed by atoms with Gasteiger partial charge in [0.15, 0.2) is 0 Å². The number of Topliss-reactive ketones (excluding diaryl/α,β-unsaturated/α-hetero) is 1. The number of halogens is 2. The fraction of sp³-hybridized carbons (Fsp3) is 0.222. The molecule has 1 aromatic carbocycles. The van der Waals surface area contributed by atoms with E-state index in [1.165, 1.54) is 12.1 Å². The smallest absolute Gasteiger partial charge is 0.255 e. The summed E-state index contributed by atoms with van der Waals surface area (Å²) in [4.78, 5) is 13.7. The van der Waals surface area contributed by atoms with Crippen LogP contribution in [0.1, 0.15) is 15.9 Å². The summed E-state index contributed by atoms with van der Waals surface area (Å²) in [7, 11) is 0. The zero-order valence-electron chi connectivity index (χ0n) is 7.44. The molecular weight excluding hydrogens is 204 g/mol. The standard InChI is InChI=1S/C9H5F2N3O/c10-7-3-1-2-5-6(7)4-9(11,8(5)15)13-14-12/h1-3H,4H2. The summed E-state index contributed by atoms with van der Waals surface area (Å²) < 4.78 is 26.9. The normalized spacial score (nSPS) is 23.5. The van der Waals surface area contributed by atoms with Crippen LogP contribution < -0.4 is 0 Å². The van der Waals surface area contributed by atoms with Crippen molar-refractivity contribution in [3.8, 4) is 0 Å². The van der Waals surface area contributed by atoms with Gasteiger partial charge in [0.25, 0.3) is 5.79 Å². The first-order chi connectivity index (χ1) is 7.08. The molecule has 0 N–H and O–H groups in total. The Balaban J connectivity index is 2.59. The number of fused-ring (bicyclic) bond motifs is 1. The Hall–Kier alpha value is -1.94. The third-order valence-corrected chi connectivity index (χ3v) is 2.33. The van der Waals surface area contributed by atoms with Gasteiger partial charge in [0.1, 0.15) is 5.82 Å². The summed E-state index contributed by atoms with van der Waals surface area (Å²) in [5.41, 5.74) is 8.05. The van der Waals surface area contributed by atoms with Crippen molar-refractivity contribution >= 4 is 5.78 Å². The van der Waals surface area contributed by atoms with E-state index in [9.17, 15) is 13.6 Å². The number of nitrogens with zero attached hydrogens (tertiary/aromatic N) is 3. The van der Waals surface area contributed by atoms with Crippen LogP contribution >= 0.6 is 0 Å². The molecule has 1 atom stereocenters. The van der Waals surface area contributed by atoms with Crippen LogP contribution in [0.4, 0.5) is 8.78 Å². The average Bonchev–Trinajstić information content (AvgIpc) is 2.44. The lowest BCUT2D eigenvalue weighted by atomic mass is 10.1. The highest BCUT2D eigenvalue weighted by Gasteiger charge is 2.46. The number of carbonyl (C=O) groups is 1. The first kappa shape index (κ1) is 9.61. The van der Waals surface area contributed by atoms with Crippen LogP contribution in [0.3, 0.4) is 0 Å². The van der Waals surface area contributed by atoms with E-state index in [2.05, 4.69) is 10.0 Å². The first-order valence-electron chi connectivity index (χ1n) is 4.16. The number of hydrogen-bond acceptors (Lipinski definition) is 2. The Kier molecular flexibility index (Phi) is 1.94. The molecule has 0 saturated heterocycles. The van der Waals surface area contributed by atoms with Crippen LogP contribution in [-0.2, 0) is 6.42 Å². The second kappa shape index (κ2) is 3.03. The van der Waals surface area contributed by atoms with E-state index in [0.29, 0.717) is 0 Å². The Morgan fingerprint density at radius 1 is 1.53 bits per heavy atom.